The maximum atomic E-state index is 12.0. The number of benzene rings is 2. The SMILES string of the molecule is C[C@@H]1Oc2ccc(NC(=O)/C=C/c3cccc(Br)c3)cc2NC1=O. The van der Waals surface area contributed by atoms with E-state index in [0.717, 1.165) is 10.0 Å². The van der Waals surface area contributed by atoms with E-state index in [4.69, 9.17) is 4.74 Å². The summed E-state index contributed by atoms with van der Waals surface area (Å²) >= 11 is 3.39. The Hall–Kier alpha value is -2.60. The van der Waals surface area contributed by atoms with Gasteiger partial charge in [0.25, 0.3) is 5.91 Å². The zero-order chi connectivity index (χ0) is 17.1. The summed E-state index contributed by atoms with van der Waals surface area (Å²) in [6, 6.07) is 12.8. The number of hydrogen-bond acceptors (Lipinski definition) is 3. The first-order valence-electron chi connectivity index (χ1n) is 7.37. The lowest BCUT2D eigenvalue weighted by atomic mass is 10.2. The van der Waals surface area contributed by atoms with Crippen molar-refractivity contribution in [1.29, 1.82) is 0 Å². The van der Waals surface area contributed by atoms with E-state index in [2.05, 4.69) is 26.6 Å². The number of fused-ring (bicyclic) bond motifs is 1. The van der Waals surface area contributed by atoms with Gasteiger partial charge in [-0.2, -0.15) is 0 Å². The molecule has 0 radical (unpaired) electrons. The summed E-state index contributed by atoms with van der Waals surface area (Å²) in [6.45, 7) is 1.68. The van der Waals surface area contributed by atoms with Crippen molar-refractivity contribution < 1.29 is 14.3 Å². The van der Waals surface area contributed by atoms with Gasteiger partial charge in [0.05, 0.1) is 5.69 Å². The van der Waals surface area contributed by atoms with Gasteiger partial charge in [0, 0.05) is 16.2 Å². The minimum Gasteiger partial charge on any atom is -0.479 e. The van der Waals surface area contributed by atoms with E-state index in [1.54, 1.807) is 31.2 Å². The number of rotatable bonds is 3. The number of amides is 2. The van der Waals surface area contributed by atoms with Crippen LogP contribution in [0.2, 0.25) is 0 Å². The van der Waals surface area contributed by atoms with Crippen molar-refractivity contribution >= 4 is 45.2 Å². The molecule has 6 heteroatoms. The van der Waals surface area contributed by atoms with Crippen molar-refractivity contribution in [3.05, 3.63) is 58.6 Å². The van der Waals surface area contributed by atoms with E-state index in [1.165, 1.54) is 6.08 Å². The number of halogens is 1. The number of hydrogen-bond donors (Lipinski definition) is 2. The quantitative estimate of drug-likeness (QED) is 0.787. The van der Waals surface area contributed by atoms with Crippen LogP contribution in [-0.4, -0.2) is 17.9 Å². The minimum absolute atomic E-state index is 0.208. The van der Waals surface area contributed by atoms with Gasteiger partial charge in [-0.3, -0.25) is 9.59 Å². The highest BCUT2D eigenvalue weighted by Gasteiger charge is 2.23. The summed E-state index contributed by atoms with van der Waals surface area (Å²) in [6.07, 6.45) is 2.66. The van der Waals surface area contributed by atoms with Gasteiger partial charge in [-0.25, -0.2) is 0 Å². The standard InChI is InChI=1S/C18H15BrN2O3/c1-11-18(23)21-15-10-14(6-7-16(15)24-11)20-17(22)8-5-12-3-2-4-13(19)9-12/h2-11H,1H3,(H,20,22)(H,21,23)/b8-5+/t11-/m0/s1. The second-order valence-corrected chi connectivity index (χ2v) is 6.25. The molecule has 0 unspecified atom stereocenters. The van der Waals surface area contributed by atoms with Crippen LogP contribution in [0.15, 0.2) is 53.0 Å². The van der Waals surface area contributed by atoms with Gasteiger partial charge in [0.2, 0.25) is 5.91 Å². The van der Waals surface area contributed by atoms with Crippen LogP contribution in [0, 0.1) is 0 Å². The second kappa shape index (κ2) is 6.88. The molecule has 0 aromatic heterocycles. The number of anilines is 2. The lowest BCUT2D eigenvalue weighted by molar-refractivity contribution is -0.122. The smallest absolute Gasteiger partial charge is 0.265 e. The fraction of sp³-hybridized carbons (Fsp3) is 0.111. The molecular weight excluding hydrogens is 372 g/mol. The van der Waals surface area contributed by atoms with E-state index >= 15 is 0 Å². The Balaban J connectivity index is 1.69. The first-order valence-corrected chi connectivity index (χ1v) is 8.17. The molecule has 1 heterocycles. The highest BCUT2D eigenvalue weighted by molar-refractivity contribution is 9.10. The number of carbonyl (C=O) groups is 2. The average molecular weight is 387 g/mol. The van der Waals surface area contributed by atoms with Gasteiger partial charge in [-0.15, -0.1) is 0 Å². The van der Waals surface area contributed by atoms with E-state index in [9.17, 15) is 9.59 Å². The molecule has 1 aliphatic heterocycles. The largest absolute Gasteiger partial charge is 0.479 e. The molecule has 3 rings (SSSR count). The van der Waals surface area contributed by atoms with Crippen LogP contribution in [0.5, 0.6) is 5.75 Å². The van der Waals surface area contributed by atoms with Crippen LogP contribution in [-0.2, 0) is 9.59 Å². The fourth-order valence-corrected chi connectivity index (χ4v) is 2.67. The summed E-state index contributed by atoms with van der Waals surface area (Å²) in [5.41, 5.74) is 2.04. The molecule has 24 heavy (non-hydrogen) atoms. The third kappa shape index (κ3) is 3.83. The van der Waals surface area contributed by atoms with Crippen LogP contribution in [0.1, 0.15) is 12.5 Å². The van der Waals surface area contributed by atoms with Crippen LogP contribution in [0.3, 0.4) is 0 Å². The molecule has 5 nitrogen and oxygen atoms in total. The van der Waals surface area contributed by atoms with Crippen molar-refractivity contribution in [3.8, 4) is 5.75 Å². The molecule has 2 amide bonds. The monoisotopic (exact) mass is 386 g/mol. The van der Waals surface area contributed by atoms with Crippen LogP contribution in [0.25, 0.3) is 6.08 Å². The summed E-state index contributed by atoms with van der Waals surface area (Å²) in [5, 5.41) is 5.51. The summed E-state index contributed by atoms with van der Waals surface area (Å²) in [5.74, 6) is 0.122. The number of ether oxygens (including phenoxy) is 1. The zero-order valence-electron chi connectivity index (χ0n) is 12.9. The molecule has 0 saturated heterocycles. The maximum Gasteiger partial charge on any atom is 0.265 e. The van der Waals surface area contributed by atoms with Gasteiger partial charge in [-0.05, 0) is 48.9 Å². The average Bonchev–Trinajstić information content (AvgIpc) is 2.54. The molecule has 0 fully saturated rings. The molecule has 0 aliphatic carbocycles. The predicted molar refractivity (Wildman–Crippen MR) is 97.0 cm³/mol. The first-order chi connectivity index (χ1) is 11.5. The van der Waals surface area contributed by atoms with E-state index < -0.39 is 6.10 Å². The van der Waals surface area contributed by atoms with Gasteiger partial charge in [0.15, 0.2) is 6.10 Å². The normalized spacial score (nSPS) is 16.2. The molecule has 2 N–H and O–H groups in total. The molecule has 1 atom stereocenters. The van der Waals surface area contributed by atoms with Gasteiger partial charge < -0.3 is 15.4 Å². The van der Waals surface area contributed by atoms with Gasteiger partial charge in [0.1, 0.15) is 5.75 Å². The molecule has 0 saturated carbocycles. The molecule has 2 aromatic carbocycles. The Morgan fingerprint density at radius 3 is 2.92 bits per heavy atom. The van der Waals surface area contributed by atoms with Crippen LogP contribution >= 0.6 is 15.9 Å². The van der Waals surface area contributed by atoms with Crippen LogP contribution < -0.4 is 15.4 Å². The van der Waals surface area contributed by atoms with Crippen molar-refractivity contribution in [2.75, 3.05) is 10.6 Å². The predicted octanol–water partition coefficient (Wildman–Crippen LogP) is 3.82. The topological polar surface area (TPSA) is 67.4 Å². The third-order valence-electron chi connectivity index (χ3n) is 3.45. The van der Waals surface area contributed by atoms with E-state index in [-0.39, 0.29) is 11.8 Å². The number of carbonyl (C=O) groups excluding carboxylic acids is 2. The van der Waals surface area contributed by atoms with Crippen molar-refractivity contribution in [3.63, 3.8) is 0 Å². The number of nitrogens with one attached hydrogen (secondary N) is 2. The Morgan fingerprint density at radius 1 is 1.29 bits per heavy atom. The van der Waals surface area contributed by atoms with Crippen LogP contribution in [0.4, 0.5) is 11.4 Å². The van der Waals surface area contributed by atoms with Gasteiger partial charge in [-0.1, -0.05) is 28.1 Å². The third-order valence-corrected chi connectivity index (χ3v) is 3.95. The van der Waals surface area contributed by atoms with Crippen molar-refractivity contribution in [2.24, 2.45) is 0 Å². The lowest BCUT2D eigenvalue weighted by Gasteiger charge is -2.23. The van der Waals surface area contributed by atoms with Gasteiger partial charge >= 0.3 is 0 Å². The molecule has 0 spiro atoms. The summed E-state index contributed by atoms with van der Waals surface area (Å²) < 4.78 is 6.43. The molecular formula is C18H15BrN2O3. The Bertz CT molecular complexity index is 833. The Morgan fingerprint density at radius 2 is 2.12 bits per heavy atom. The zero-order valence-corrected chi connectivity index (χ0v) is 14.5. The first kappa shape index (κ1) is 16.3. The molecule has 1 aliphatic rings. The minimum atomic E-state index is -0.522. The fourth-order valence-electron chi connectivity index (χ4n) is 2.25. The van der Waals surface area contributed by atoms with E-state index in [0.29, 0.717) is 17.1 Å². The Kier molecular flexibility index (Phi) is 4.66. The second-order valence-electron chi connectivity index (χ2n) is 5.34. The van der Waals surface area contributed by atoms with E-state index in [1.807, 2.05) is 24.3 Å². The molecule has 2 aromatic rings. The summed E-state index contributed by atoms with van der Waals surface area (Å²) in [4.78, 5) is 23.7. The maximum absolute atomic E-state index is 12.0. The molecule has 0 bridgehead atoms. The summed E-state index contributed by atoms with van der Waals surface area (Å²) in [7, 11) is 0. The highest BCUT2D eigenvalue weighted by Crippen LogP contribution is 2.32. The van der Waals surface area contributed by atoms with Crippen molar-refractivity contribution in [1.82, 2.24) is 0 Å². The van der Waals surface area contributed by atoms with Crippen molar-refractivity contribution in [2.45, 2.75) is 13.0 Å². The highest BCUT2D eigenvalue weighted by atomic mass is 79.9. The molecule has 122 valence electrons. The Labute approximate surface area is 147 Å². The lowest BCUT2D eigenvalue weighted by Crippen LogP contribution is -2.34.